The molecule has 3 heteroatoms. The van der Waals surface area contributed by atoms with Gasteiger partial charge in [-0.05, 0) is 18.9 Å². The van der Waals surface area contributed by atoms with Crippen molar-refractivity contribution in [1.29, 1.82) is 0 Å². The third kappa shape index (κ3) is 4.91. The third-order valence-corrected chi connectivity index (χ3v) is 4.26. The van der Waals surface area contributed by atoms with Crippen LogP contribution in [0.3, 0.4) is 0 Å². The number of hydrogen-bond donors (Lipinski definition) is 1. The van der Waals surface area contributed by atoms with Gasteiger partial charge in [0.25, 0.3) is 0 Å². The maximum atomic E-state index is 10.2. The Labute approximate surface area is 115 Å². The molecule has 0 fully saturated rings. The lowest BCUT2D eigenvalue weighted by Gasteiger charge is -2.17. The summed E-state index contributed by atoms with van der Waals surface area (Å²) in [4.78, 5) is 0. The van der Waals surface area contributed by atoms with Crippen LogP contribution >= 0.6 is 11.8 Å². The van der Waals surface area contributed by atoms with E-state index in [4.69, 9.17) is 4.74 Å². The Morgan fingerprint density at radius 2 is 2.00 bits per heavy atom. The summed E-state index contributed by atoms with van der Waals surface area (Å²) in [6.45, 7) is 7.14. The highest BCUT2D eigenvalue weighted by molar-refractivity contribution is 7.99. The molecule has 0 aliphatic carbocycles. The number of aliphatic hydroxyl groups is 1. The predicted molar refractivity (Wildman–Crippen MR) is 79.4 cm³/mol. The van der Waals surface area contributed by atoms with Crippen LogP contribution in [0.5, 0.6) is 5.75 Å². The van der Waals surface area contributed by atoms with Crippen molar-refractivity contribution in [3.63, 3.8) is 0 Å². The van der Waals surface area contributed by atoms with Crippen LogP contribution in [-0.2, 0) is 0 Å². The number of ether oxygens (including phenoxy) is 1. The quantitative estimate of drug-likeness (QED) is 0.771. The first-order valence-electron chi connectivity index (χ1n) is 6.70. The highest BCUT2D eigenvalue weighted by atomic mass is 32.2. The van der Waals surface area contributed by atoms with Crippen LogP contribution in [0.1, 0.15) is 45.3 Å². The van der Waals surface area contributed by atoms with Crippen LogP contribution in [0.25, 0.3) is 0 Å². The Bertz CT molecular complexity index is 341. The second-order valence-electron chi connectivity index (χ2n) is 4.45. The van der Waals surface area contributed by atoms with E-state index in [-0.39, 0.29) is 0 Å². The highest BCUT2D eigenvalue weighted by Gasteiger charge is 2.14. The summed E-state index contributed by atoms with van der Waals surface area (Å²) in [6.07, 6.45) is 1.66. The van der Waals surface area contributed by atoms with E-state index in [0.29, 0.717) is 11.9 Å². The van der Waals surface area contributed by atoms with Gasteiger partial charge in [-0.3, -0.25) is 0 Å². The molecule has 2 unspecified atom stereocenters. The number of para-hydroxylation sites is 1. The first kappa shape index (κ1) is 15.4. The molecule has 1 aromatic rings. The Kier molecular flexibility index (Phi) is 7.21. The largest absolute Gasteiger partial charge is 0.493 e. The Hall–Kier alpha value is -0.670. The number of benzene rings is 1. The fourth-order valence-corrected chi connectivity index (χ4v) is 2.49. The molecule has 0 aliphatic rings. The maximum Gasteiger partial charge on any atom is 0.125 e. The van der Waals surface area contributed by atoms with E-state index in [1.54, 1.807) is 11.8 Å². The van der Waals surface area contributed by atoms with Gasteiger partial charge in [0.05, 0.1) is 12.7 Å². The number of aliphatic hydroxyl groups excluding tert-OH is 1. The van der Waals surface area contributed by atoms with Gasteiger partial charge >= 0.3 is 0 Å². The molecule has 0 aromatic heterocycles. The van der Waals surface area contributed by atoms with Crippen molar-refractivity contribution >= 4 is 11.8 Å². The summed E-state index contributed by atoms with van der Waals surface area (Å²) in [5.74, 6) is 1.54. The van der Waals surface area contributed by atoms with Gasteiger partial charge in [0.15, 0.2) is 0 Å². The molecule has 0 aliphatic heterocycles. The Morgan fingerprint density at radius 1 is 1.28 bits per heavy atom. The minimum Gasteiger partial charge on any atom is -0.493 e. The van der Waals surface area contributed by atoms with Crippen molar-refractivity contribution < 1.29 is 9.84 Å². The predicted octanol–water partition coefficient (Wildman–Crippen LogP) is 4.04. The molecule has 0 radical (unpaired) electrons. The lowest BCUT2D eigenvalue weighted by atomic mass is 10.1. The molecular weight excluding hydrogens is 244 g/mol. The van der Waals surface area contributed by atoms with E-state index in [2.05, 4.69) is 20.8 Å². The molecule has 2 nitrogen and oxygen atoms in total. The van der Waals surface area contributed by atoms with E-state index in [1.807, 2.05) is 24.3 Å². The lowest BCUT2D eigenvalue weighted by molar-refractivity contribution is 0.195. The van der Waals surface area contributed by atoms with E-state index < -0.39 is 6.10 Å². The summed E-state index contributed by atoms with van der Waals surface area (Å²) in [5.41, 5.74) is 0.904. The molecule has 18 heavy (non-hydrogen) atoms. The summed E-state index contributed by atoms with van der Waals surface area (Å²) >= 11 is 1.81. The smallest absolute Gasteiger partial charge is 0.125 e. The third-order valence-electron chi connectivity index (χ3n) is 2.85. The second-order valence-corrected chi connectivity index (χ2v) is 5.93. The molecular formula is C15H24O2S. The fourth-order valence-electron chi connectivity index (χ4n) is 1.56. The molecule has 102 valence electrons. The monoisotopic (exact) mass is 268 g/mol. The van der Waals surface area contributed by atoms with E-state index in [1.165, 1.54) is 0 Å². The summed E-state index contributed by atoms with van der Waals surface area (Å²) in [5, 5.41) is 10.8. The zero-order valence-electron chi connectivity index (χ0n) is 11.6. The van der Waals surface area contributed by atoms with Crippen molar-refractivity contribution in [2.75, 3.05) is 12.4 Å². The SMILES string of the molecule is CCCOc1ccccc1C(O)CSC(C)CC. The van der Waals surface area contributed by atoms with E-state index >= 15 is 0 Å². The van der Waals surface area contributed by atoms with Gasteiger partial charge in [0, 0.05) is 16.6 Å². The molecule has 0 spiro atoms. The van der Waals surface area contributed by atoms with Crippen molar-refractivity contribution in [2.45, 2.75) is 45.0 Å². The molecule has 0 heterocycles. The number of hydrogen-bond acceptors (Lipinski definition) is 3. The normalized spacial score (nSPS) is 14.2. The summed E-state index contributed by atoms with van der Waals surface area (Å²) in [6, 6.07) is 7.78. The maximum absolute atomic E-state index is 10.2. The molecule has 1 N–H and O–H groups in total. The Morgan fingerprint density at radius 3 is 2.67 bits per heavy atom. The van der Waals surface area contributed by atoms with Crippen molar-refractivity contribution in [1.82, 2.24) is 0 Å². The Balaban J connectivity index is 2.63. The van der Waals surface area contributed by atoms with Gasteiger partial charge in [0.1, 0.15) is 5.75 Å². The topological polar surface area (TPSA) is 29.5 Å². The molecule has 0 saturated heterocycles. The van der Waals surface area contributed by atoms with E-state index in [9.17, 15) is 5.11 Å². The van der Waals surface area contributed by atoms with Crippen molar-refractivity contribution in [3.05, 3.63) is 29.8 Å². The van der Waals surface area contributed by atoms with Crippen LogP contribution in [0.15, 0.2) is 24.3 Å². The van der Waals surface area contributed by atoms with Crippen molar-refractivity contribution in [2.24, 2.45) is 0 Å². The van der Waals surface area contributed by atoms with Crippen LogP contribution in [-0.4, -0.2) is 22.7 Å². The minimum atomic E-state index is -0.447. The number of thioether (sulfide) groups is 1. The van der Waals surface area contributed by atoms with Gasteiger partial charge in [-0.15, -0.1) is 0 Å². The van der Waals surface area contributed by atoms with Crippen molar-refractivity contribution in [3.8, 4) is 5.75 Å². The van der Waals surface area contributed by atoms with Gasteiger partial charge in [0.2, 0.25) is 0 Å². The van der Waals surface area contributed by atoms with Crippen LogP contribution in [0.2, 0.25) is 0 Å². The molecule has 1 aromatic carbocycles. The average Bonchev–Trinajstić information content (AvgIpc) is 2.42. The molecule has 0 amide bonds. The molecule has 0 bridgehead atoms. The standard InChI is InChI=1S/C15H24O2S/c1-4-10-17-15-9-7-6-8-13(15)14(16)11-18-12(3)5-2/h6-9,12,14,16H,4-5,10-11H2,1-3H3. The molecule has 0 saturated carbocycles. The zero-order valence-corrected chi connectivity index (χ0v) is 12.4. The zero-order chi connectivity index (χ0) is 13.4. The second kappa shape index (κ2) is 8.44. The summed E-state index contributed by atoms with van der Waals surface area (Å²) in [7, 11) is 0. The van der Waals surface area contributed by atoms with Gasteiger partial charge in [-0.25, -0.2) is 0 Å². The van der Waals surface area contributed by atoms with E-state index in [0.717, 1.165) is 29.9 Å². The van der Waals surface area contributed by atoms with Crippen LogP contribution < -0.4 is 4.74 Å². The van der Waals surface area contributed by atoms with Crippen LogP contribution in [0.4, 0.5) is 0 Å². The molecule has 2 atom stereocenters. The van der Waals surface area contributed by atoms with Gasteiger partial charge < -0.3 is 9.84 Å². The minimum absolute atomic E-state index is 0.447. The lowest BCUT2D eigenvalue weighted by Crippen LogP contribution is -2.07. The van der Waals surface area contributed by atoms with Crippen LogP contribution in [0, 0.1) is 0 Å². The first-order chi connectivity index (χ1) is 8.69. The van der Waals surface area contributed by atoms with Gasteiger partial charge in [-0.2, -0.15) is 11.8 Å². The average molecular weight is 268 g/mol. The summed E-state index contributed by atoms with van der Waals surface area (Å²) < 4.78 is 5.67. The highest BCUT2D eigenvalue weighted by Crippen LogP contribution is 2.29. The number of rotatable bonds is 8. The van der Waals surface area contributed by atoms with Gasteiger partial charge in [-0.1, -0.05) is 39.0 Å². The fraction of sp³-hybridized carbons (Fsp3) is 0.600. The first-order valence-corrected chi connectivity index (χ1v) is 7.75. The molecule has 1 rings (SSSR count).